The normalized spacial score (nSPS) is 24.4. The fraction of sp³-hybridized carbons (Fsp3) is 0.400. The van der Waals surface area contributed by atoms with E-state index in [4.69, 9.17) is 16.3 Å². The number of fused-ring (bicyclic) bond motifs is 3. The van der Waals surface area contributed by atoms with E-state index in [1.807, 2.05) is 18.2 Å². The number of halogens is 1. The van der Waals surface area contributed by atoms with Crippen LogP contribution in [0.15, 0.2) is 41.3 Å². The van der Waals surface area contributed by atoms with Crippen molar-refractivity contribution in [1.29, 1.82) is 0 Å². The van der Waals surface area contributed by atoms with Crippen molar-refractivity contribution in [2.24, 2.45) is 5.92 Å². The largest absolute Gasteiger partial charge is 0.488 e. The van der Waals surface area contributed by atoms with Crippen LogP contribution < -0.4 is 10.1 Å². The van der Waals surface area contributed by atoms with E-state index in [1.165, 1.54) is 12.1 Å². The van der Waals surface area contributed by atoms with Crippen molar-refractivity contribution in [3.05, 3.63) is 47.0 Å². The lowest BCUT2D eigenvalue weighted by Gasteiger charge is -2.36. The maximum Gasteiger partial charge on any atom is 0.295 e. The zero-order valence-corrected chi connectivity index (χ0v) is 16.7. The van der Waals surface area contributed by atoms with Crippen LogP contribution in [0, 0.1) is 5.92 Å². The molecule has 0 radical (unpaired) electrons. The van der Waals surface area contributed by atoms with Crippen LogP contribution in [0.25, 0.3) is 11.1 Å². The van der Waals surface area contributed by atoms with Gasteiger partial charge in [-0.25, -0.2) is 0 Å². The molecule has 2 aromatic carbocycles. The minimum Gasteiger partial charge on any atom is -0.488 e. The minimum absolute atomic E-state index is 0.0735. The first-order chi connectivity index (χ1) is 12.8. The molecule has 5 nitrogen and oxygen atoms in total. The molecular weight excluding hydrogens is 386 g/mol. The Morgan fingerprint density at radius 1 is 1.22 bits per heavy atom. The molecule has 2 aliphatic heterocycles. The van der Waals surface area contributed by atoms with Crippen molar-refractivity contribution in [3.63, 3.8) is 0 Å². The van der Waals surface area contributed by atoms with E-state index in [2.05, 4.69) is 19.2 Å². The third-order valence-electron chi connectivity index (χ3n) is 5.51. The first-order valence-electron chi connectivity index (χ1n) is 9.07. The van der Waals surface area contributed by atoms with Crippen LogP contribution in [0.1, 0.15) is 31.7 Å². The molecule has 3 unspecified atom stereocenters. The summed E-state index contributed by atoms with van der Waals surface area (Å²) in [5.74, 6) is 1.56. The predicted octanol–water partition coefficient (Wildman–Crippen LogP) is 4.12. The molecule has 1 saturated heterocycles. The molecule has 3 atom stereocenters. The highest BCUT2D eigenvalue weighted by atomic mass is 35.5. The zero-order chi connectivity index (χ0) is 19.3. The molecule has 27 heavy (non-hydrogen) atoms. The maximum atomic E-state index is 11.8. The Morgan fingerprint density at radius 3 is 2.70 bits per heavy atom. The Morgan fingerprint density at radius 2 is 2.00 bits per heavy atom. The standard InChI is InChI=1S/C20H22ClNO4S/c1-11(2)19-20-15(7-8-22-19)14-5-3-12(9-17(14)26-20)16-10-13(21)4-6-18(16)27(23,24)25/h3-6,9-11,15,19-20,22H,7-8H2,1-2H3,(H,23,24,25). The van der Waals surface area contributed by atoms with E-state index in [1.54, 1.807) is 6.07 Å². The fourth-order valence-corrected chi connectivity index (χ4v) is 5.12. The lowest BCUT2D eigenvalue weighted by atomic mass is 9.81. The second-order valence-corrected chi connectivity index (χ2v) is 9.40. The lowest BCUT2D eigenvalue weighted by molar-refractivity contribution is 0.103. The van der Waals surface area contributed by atoms with E-state index < -0.39 is 10.1 Å². The van der Waals surface area contributed by atoms with Crippen LogP contribution in [0.3, 0.4) is 0 Å². The topological polar surface area (TPSA) is 75.6 Å². The number of hydrogen-bond acceptors (Lipinski definition) is 4. The van der Waals surface area contributed by atoms with Gasteiger partial charge in [-0.2, -0.15) is 8.42 Å². The highest BCUT2D eigenvalue weighted by Gasteiger charge is 2.43. The summed E-state index contributed by atoms with van der Waals surface area (Å²) in [5.41, 5.74) is 2.17. The van der Waals surface area contributed by atoms with Gasteiger partial charge >= 0.3 is 0 Å². The second-order valence-electron chi connectivity index (χ2n) is 7.57. The van der Waals surface area contributed by atoms with Gasteiger partial charge in [0.2, 0.25) is 0 Å². The third-order valence-corrected chi connectivity index (χ3v) is 6.66. The molecule has 0 aliphatic carbocycles. The van der Waals surface area contributed by atoms with Gasteiger partial charge in [-0.05, 0) is 48.7 Å². The molecule has 0 spiro atoms. The van der Waals surface area contributed by atoms with Crippen LogP contribution in [-0.2, 0) is 10.1 Å². The molecule has 2 aromatic rings. The van der Waals surface area contributed by atoms with Crippen LogP contribution in [-0.4, -0.2) is 31.7 Å². The number of hydrogen-bond donors (Lipinski definition) is 2. The Hall–Kier alpha value is -1.60. The van der Waals surface area contributed by atoms with Crippen LogP contribution in [0.2, 0.25) is 5.02 Å². The van der Waals surface area contributed by atoms with Gasteiger partial charge in [0.05, 0.1) is 0 Å². The number of ether oxygens (including phenoxy) is 1. The molecular formula is C20H22ClNO4S. The average Bonchev–Trinajstić information content (AvgIpc) is 2.98. The number of piperidine rings is 1. The maximum absolute atomic E-state index is 11.8. The van der Waals surface area contributed by atoms with E-state index in [0.29, 0.717) is 28.0 Å². The predicted molar refractivity (Wildman–Crippen MR) is 105 cm³/mol. The molecule has 0 aromatic heterocycles. The molecule has 7 heteroatoms. The van der Waals surface area contributed by atoms with Crippen molar-refractivity contribution < 1.29 is 17.7 Å². The summed E-state index contributed by atoms with van der Waals surface area (Å²) in [6, 6.07) is 10.3. The second kappa shape index (κ2) is 6.78. The Bertz CT molecular complexity index is 989. The summed E-state index contributed by atoms with van der Waals surface area (Å²) in [6.07, 6.45) is 1.08. The summed E-state index contributed by atoms with van der Waals surface area (Å²) in [6.45, 7) is 5.32. The van der Waals surface area contributed by atoms with Gasteiger partial charge in [0, 0.05) is 28.1 Å². The average molecular weight is 408 g/mol. The molecule has 0 saturated carbocycles. The first-order valence-corrected chi connectivity index (χ1v) is 10.9. The van der Waals surface area contributed by atoms with Crippen molar-refractivity contribution in [1.82, 2.24) is 5.32 Å². The molecule has 2 heterocycles. The van der Waals surface area contributed by atoms with E-state index in [-0.39, 0.29) is 17.0 Å². The summed E-state index contributed by atoms with van der Waals surface area (Å²) >= 11 is 6.07. The van der Waals surface area contributed by atoms with Crippen molar-refractivity contribution in [2.45, 2.75) is 43.2 Å². The molecule has 0 bridgehead atoms. The summed E-state index contributed by atoms with van der Waals surface area (Å²) in [5, 5.41) is 3.95. The highest BCUT2D eigenvalue weighted by molar-refractivity contribution is 7.86. The monoisotopic (exact) mass is 407 g/mol. The molecule has 0 amide bonds. The van der Waals surface area contributed by atoms with Gasteiger partial charge in [-0.1, -0.05) is 37.6 Å². The molecule has 2 N–H and O–H groups in total. The van der Waals surface area contributed by atoms with E-state index >= 15 is 0 Å². The van der Waals surface area contributed by atoms with Gasteiger partial charge in [0.15, 0.2) is 0 Å². The number of rotatable bonds is 3. The Balaban J connectivity index is 1.77. The third kappa shape index (κ3) is 3.36. The fourth-order valence-electron chi connectivity index (χ4n) is 4.25. The minimum atomic E-state index is -4.36. The van der Waals surface area contributed by atoms with Crippen molar-refractivity contribution in [2.75, 3.05) is 6.54 Å². The first kappa shape index (κ1) is 18.7. The van der Waals surface area contributed by atoms with Crippen LogP contribution >= 0.6 is 11.6 Å². The summed E-state index contributed by atoms with van der Waals surface area (Å²) in [4.78, 5) is -0.163. The Labute approximate surface area is 164 Å². The molecule has 144 valence electrons. The van der Waals surface area contributed by atoms with E-state index in [9.17, 15) is 13.0 Å². The van der Waals surface area contributed by atoms with Gasteiger partial charge in [-0.3, -0.25) is 4.55 Å². The van der Waals surface area contributed by atoms with Crippen molar-refractivity contribution in [3.8, 4) is 16.9 Å². The van der Waals surface area contributed by atoms with Crippen LogP contribution in [0.4, 0.5) is 0 Å². The number of nitrogens with one attached hydrogen (secondary N) is 1. The number of benzene rings is 2. The summed E-state index contributed by atoms with van der Waals surface area (Å²) in [7, 11) is -4.36. The SMILES string of the molecule is CC(C)C1NCCC2c3ccc(-c4cc(Cl)ccc4S(=O)(=O)O)cc3OC21. The molecule has 1 fully saturated rings. The Kier molecular flexibility index (Phi) is 4.71. The lowest BCUT2D eigenvalue weighted by Crippen LogP contribution is -2.52. The van der Waals surface area contributed by atoms with Crippen LogP contribution in [0.5, 0.6) is 5.75 Å². The zero-order valence-electron chi connectivity index (χ0n) is 15.1. The van der Waals surface area contributed by atoms with Gasteiger partial charge in [0.1, 0.15) is 16.7 Å². The molecule has 4 rings (SSSR count). The van der Waals surface area contributed by atoms with Gasteiger partial charge < -0.3 is 10.1 Å². The quantitative estimate of drug-likeness (QED) is 0.748. The van der Waals surface area contributed by atoms with Gasteiger partial charge in [-0.15, -0.1) is 0 Å². The smallest absolute Gasteiger partial charge is 0.295 e. The highest BCUT2D eigenvalue weighted by Crippen LogP contribution is 2.46. The van der Waals surface area contributed by atoms with E-state index in [0.717, 1.165) is 24.3 Å². The summed E-state index contributed by atoms with van der Waals surface area (Å²) < 4.78 is 39.4. The van der Waals surface area contributed by atoms with Crippen molar-refractivity contribution >= 4 is 21.7 Å². The van der Waals surface area contributed by atoms with Gasteiger partial charge in [0.25, 0.3) is 10.1 Å². The molecule has 2 aliphatic rings.